The normalized spacial score (nSPS) is 12.3. The number of anilines is 1. The van der Waals surface area contributed by atoms with Gasteiger partial charge < -0.3 is 9.84 Å². The Morgan fingerprint density at radius 3 is 2.32 bits per heavy atom. The van der Waals surface area contributed by atoms with Crippen molar-refractivity contribution in [2.45, 2.75) is 19.4 Å². The van der Waals surface area contributed by atoms with E-state index in [1.807, 2.05) is 24.3 Å². The summed E-state index contributed by atoms with van der Waals surface area (Å²) in [6, 6.07) is 16.2. The van der Waals surface area contributed by atoms with Crippen LogP contribution in [0.15, 0.2) is 54.7 Å². The van der Waals surface area contributed by atoms with E-state index in [0.717, 1.165) is 22.3 Å². The minimum atomic E-state index is -1.00. The van der Waals surface area contributed by atoms with Gasteiger partial charge in [-0.1, -0.05) is 48.5 Å². The van der Waals surface area contributed by atoms with E-state index in [2.05, 4.69) is 34.7 Å². The summed E-state index contributed by atoms with van der Waals surface area (Å²) in [6.07, 6.45) is 0.943. The molecule has 0 radical (unpaired) electrons. The van der Waals surface area contributed by atoms with E-state index in [4.69, 9.17) is 9.84 Å². The summed E-state index contributed by atoms with van der Waals surface area (Å²) in [5, 5.41) is 15.5. The van der Waals surface area contributed by atoms with Gasteiger partial charge in [0.1, 0.15) is 13.2 Å². The third kappa shape index (κ3) is 3.34. The SMILES string of the molecule is Cc1cn(CC(=O)O)nc1NC(=O)OCC1c2ccccc2-c2ccccc21. The molecule has 0 saturated carbocycles. The molecule has 0 fully saturated rings. The largest absolute Gasteiger partial charge is 0.480 e. The highest BCUT2D eigenvalue weighted by molar-refractivity contribution is 5.84. The van der Waals surface area contributed by atoms with Crippen molar-refractivity contribution in [1.29, 1.82) is 0 Å². The summed E-state index contributed by atoms with van der Waals surface area (Å²) >= 11 is 0. The summed E-state index contributed by atoms with van der Waals surface area (Å²) in [6.45, 7) is 1.67. The first kappa shape index (κ1) is 17.8. The van der Waals surface area contributed by atoms with Gasteiger partial charge in [-0.25, -0.2) is 4.79 Å². The number of carboxylic acids is 1. The molecule has 1 aliphatic carbocycles. The molecule has 1 aromatic heterocycles. The average Bonchev–Trinajstić information content (AvgIpc) is 3.17. The van der Waals surface area contributed by atoms with Crippen LogP contribution in [0.1, 0.15) is 22.6 Å². The fourth-order valence-corrected chi connectivity index (χ4v) is 3.60. The van der Waals surface area contributed by atoms with E-state index in [1.54, 1.807) is 13.1 Å². The van der Waals surface area contributed by atoms with Crippen LogP contribution in [0.25, 0.3) is 11.1 Å². The van der Waals surface area contributed by atoms with Crippen LogP contribution in [0.5, 0.6) is 0 Å². The molecule has 28 heavy (non-hydrogen) atoms. The molecular formula is C21H19N3O4. The number of hydrogen-bond acceptors (Lipinski definition) is 4. The van der Waals surface area contributed by atoms with Gasteiger partial charge in [0.25, 0.3) is 0 Å². The smallest absolute Gasteiger partial charge is 0.412 e. The Bertz CT molecular complexity index is 1010. The molecule has 3 aromatic rings. The summed E-state index contributed by atoms with van der Waals surface area (Å²) in [5.74, 6) is -0.738. The molecule has 7 heteroatoms. The Morgan fingerprint density at radius 1 is 1.11 bits per heavy atom. The molecule has 142 valence electrons. The molecule has 0 spiro atoms. The van der Waals surface area contributed by atoms with Gasteiger partial charge in [0, 0.05) is 17.7 Å². The van der Waals surface area contributed by atoms with Crippen molar-refractivity contribution >= 4 is 17.9 Å². The monoisotopic (exact) mass is 377 g/mol. The highest BCUT2D eigenvalue weighted by Gasteiger charge is 2.29. The van der Waals surface area contributed by atoms with Gasteiger partial charge in [0.2, 0.25) is 0 Å². The molecule has 1 amide bonds. The number of carbonyl (C=O) groups is 2. The molecule has 1 heterocycles. The number of ether oxygens (including phenoxy) is 1. The molecule has 2 aromatic carbocycles. The van der Waals surface area contributed by atoms with Crippen LogP contribution in [0, 0.1) is 6.92 Å². The first-order valence-corrected chi connectivity index (χ1v) is 8.91. The minimum absolute atomic E-state index is 0.0242. The zero-order valence-electron chi connectivity index (χ0n) is 15.3. The molecule has 0 saturated heterocycles. The molecule has 0 atom stereocenters. The number of nitrogens with zero attached hydrogens (tertiary/aromatic N) is 2. The standard InChI is InChI=1S/C21H19N3O4/c1-13-10-24(11-19(25)26)23-20(13)22-21(27)28-12-18-16-8-4-2-6-14(16)15-7-3-5-9-17(15)18/h2-10,18H,11-12H2,1H3,(H,25,26)(H,22,23,27). The highest BCUT2D eigenvalue weighted by atomic mass is 16.5. The lowest BCUT2D eigenvalue weighted by Crippen LogP contribution is -2.19. The second-order valence-electron chi connectivity index (χ2n) is 6.70. The van der Waals surface area contributed by atoms with Crippen molar-refractivity contribution in [3.05, 3.63) is 71.4 Å². The van der Waals surface area contributed by atoms with Gasteiger partial charge in [0.15, 0.2) is 5.82 Å². The number of nitrogens with one attached hydrogen (secondary N) is 1. The number of rotatable bonds is 5. The van der Waals surface area contributed by atoms with Crippen LogP contribution >= 0.6 is 0 Å². The van der Waals surface area contributed by atoms with Crippen molar-refractivity contribution in [3.63, 3.8) is 0 Å². The molecule has 1 aliphatic rings. The van der Waals surface area contributed by atoms with Crippen LogP contribution in [-0.2, 0) is 16.1 Å². The molecule has 4 rings (SSSR count). The number of benzene rings is 2. The topological polar surface area (TPSA) is 93.5 Å². The quantitative estimate of drug-likeness (QED) is 0.708. The van der Waals surface area contributed by atoms with E-state index >= 15 is 0 Å². The van der Waals surface area contributed by atoms with E-state index in [-0.39, 0.29) is 19.1 Å². The fraction of sp³-hybridized carbons (Fsp3) is 0.190. The Hall–Kier alpha value is -3.61. The summed E-state index contributed by atoms with van der Waals surface area (Å²) < 4.78 is 6.73. The average molecular weight is 377 g/mol. The molecule has 7 nitrogen and oxygen atoms in total. The van der Waals surface area contributed by atoms with Gasteiger partial charge in [-0.2, -0.15) is 5.10 Å². The van der Waals surface area contributed by atoms with Crippen LogP contribution in [-0.4, -0.2) is 33.6 Å². The first-order chi connectivity index (χ1) is 13.5. The first-order valence-electron chi connectivity index (χ1n) is 8.91. The van der Waals surface area contributed by atoms with E-state index in [9.17, 15) is 9.59 Å². The molecule has 0 bridgehead atoms. The van der Waals surface area contributed by atoms with E-state index in [1.165, 1.54) is 4.68 Å². The van der Waals surface area contributed by atoms with Gasteiger partial charge in [-0.05, 0) is 29.2 Å². The number of aliphatic carboxylic acids is 1. The summed E-state index contributed by atoms with van der Waals surface area (Å²) in [7, 11) is 0. The summed E-state index contributed by atoms with van der Waals surface area (Å²) in [4.78, 5) is 23.1. The van der Waals surface area contributed by atoms with Crippen LogP contribution in [0.2, 0.25) is 0 Å². The Kier molecular flexibility index (Phi) is 4.57. The number of fused-ring (bicyclic) bond motifs is 3. The van der Waals surface area contributed by atoms with Crippen LogP contribution in [0.4, 0.5) is 10.6 Å². The highest BCUT2D eigenvalue weighted by Crippen LogP contribution is 2.44. The third-order valence-corrected chi connectivity index (χ3v) is 4.81. The van der Waals surface area contributed by atoms with Crippen molar-refractivity contribution in [2.75, 3.05) is 11.9 Å². The lowest BCUT2D eigenvalue weighted by molar-refractivity contribution is -0.137. The lowest BCUT2D eigenvalue weighted by Gasteiger charge is -2.14. The Balaban J connectivity index is 1.46. The predicted molar refractivity (Wildman–Crippen MR) is 103 cm³/mol. The number of amides is 1. The van der Waals surface area contributed by atoms with Crippen LogP contribution < -0.4 is 5.32 Å². The predicted octanol–water partition coefficient (Wildman–Crippen LogP) is 3.64. The number of hydrogen-bond donors (Lipinski definition) is 2. The zero-order chi connectivity index (χ0) is 19.7. The molecule has 2 N–H and O–H groups in total. The zero-order valence-corrected chi connectivity index (χ0v) is 15.3. The third-order valence-electron chi connectivity index (χ3n) is 4.81. The number of carboxylic acid groups (broad SMARTS) is 1. The minimum Gasteiger partial charge on any atom is -0.480 e. The fourth-order valence-electron chi connectivity index (χ4n) is 3.60. The molecule has 0 unspecified atom stereocenters. The Labute approximate surface area is 161 Å². The van der Waals surface area contributed by atoms with E-state index < -0.39 is 12.1 Å². The number of carbonyl (C=O) groups excluding carboxylic acids is 1. The van der Waals surface area contributed by atoms with Gasteiger partial charge in [0.05, 0.1) is 0 Å². The summed E-state index contributed by atoms with van der Waals surface area (Å²) in [5.41, 5.74) is 5.26. The Morgan fingerprint density at radius 2 is 1.71 bits per heavy atom. The van der Waals surface area contributed by atoms with Gasteiger partial charge in [-0.3, -0.25) is 14.8 Å². The van der Waals surface area contributed by atoms with Gasteiger partial charge in [-0.15, -0.1) is 0 Å². The number of aromatic nitrogens is 2. The van der Waals surface area contributed by atoms with Gasteiger partial charge >= 0.3 is 12.1 Å². The maximum absolute atomic E-state index is 12.3. The lowest BCUT2D eigenvalue weighted by atomic mass is 9.98. The van der Waals surface area contributed by atoms with Crippen molar-refractivity contribution in [1.82, 2.24) is 9.78 Å². The second-order valence-corrected chi connectivity index (χ2v) is 6.70. The van der Waals surface area contributed by atoms with E-state index in [0.29, 0.717) is 11.4 Å². The molecular weight excluding hydrogens is 358 g/mol. The maximum Gasteiger partial charge on any atom is 0.412 e. The molecule has 0 aliphatic heterocycles. The van der Waals surface area contributed by atoms with Crippen molar-refractivity contribution < 1.29 is 19.4 Å². The van der Waals surface area contributed by atoms with Crippen LogP contribution in [0.3, 0.4) is 0 Å². The number of aryl methyl sites for hydroxylation is 1. The maximum atomic E-state index is 12.3. The second kappa shape index (κ2) is 7.19. The van der Waals surface area contributed by atoms with Crippen molar-refractivity contribution in [2.24, 2.45) is 0 Å². The van der Waals surface area contributed by atoms with Crippen molar-refractivity contribution in [3.8, 4) is 11.1 Å².